The molecule has 0 radical (unpaired) electrons. The number of sulfone groups is 1. The second-order valence-corrected chi connectivity index (χ2v) is 7.85. The molecule has 0 aliphatic carbocycles. The topological polar surface area (TPSA) is 96.0 Å². The van der Waals surface area contributed by atoms with Crippen molar-refractivity contribution in [3.8, 4) is 11.5 Å². The van der Waals surface area contributed by atoms with Gasteiger partial charge in [-0.25, -0.2) is 8.42 Å². The monoisotopic (exact) mass is 356 g/mol. The number of ketones is 1. The van der Waals surface area contributed by atoms with Crippen molar-refractivity contribution in [2.75, 3.05) is 32.3 Å². The van der Waals surface area contributed by atoms with E-state index >= 15 is 0 Å². The van der Waals surface area contributed by atoms with E-state index in [4.69, 9.17) is 14.2 Å². The zero-order chi connectivity index (χ0) is 17.7. The lowest BCUT2D eigenvalue weighted by molar-refractivity contribution is -0.143. The molecule has 0 bridgehead atoms. The summed E-state index contributed by atoms with van der Waals surface area (Å²) in [7, 11) is -0.124. The third kappa shape index (κ3) is 4.70. The maximum atomic E-state index is 12.2. The van der Waals surface area contributed by atoms with Crippen molar-refractivity contribution in [2.45, 2.75) is 12.8 Å². The molecule has 1 aliphatic heterocycles. The number of methoxy groups -OCH3 is 2. The van der Waals surface area contributed by atoms with Gasteiger partial charge in [-0.1, -0.05) is 0 Å². The van der Waals surface area contributed by atoms with Crippen LogP contribution < -0.4 is 9.47 Å². The first-order chi connectivity index (χ1) is 11.3. The first-order valence-electron chi connectivity index (χ1n) is 7.46. The van der Waals surface area contributed by atoms with Crippen molar-refractivity contribution >= 4 is 21.6 Å². The lowest BCUT2D eigenvalue weighted by Crippen LogP contribution is -2.18. The lowest BCUT2D eigenvalue weighted by Gasteiger charge is -2.11. The minimum absolute atomic E-state index is 0.000245. The molecule has 0 amide bonds. The average Bonchev–Trinajstić information content (AvgIpc) is 2.90. The molecule has 7 nitrogen and oxygen atoms in total. The molecule has 0 N–H and O–H groups in total. The highest BCUT2D eigenvalue weighted by atomic mass is 32.2. The fourth-order valence-electron chi connectivity index (χ4n) is 2.58. The number of carbonyl (C=O) groups excluding carboxylic acids is 2. The van der Waals surface area contributed by atoms with E-state index in [0.29, 0.717) is 17.9 Å². The molecule has 0 saturated carbocycles. The summed E-state index contributed by atoms with van der Waals surface area (Å²) in [6, 6.07) is 4.76. The predicted molar refractivity (Wildman–Crippen MR) is 86.2 cm³/mol. The Morgan fingerprint density at radius 3 is 2.54 bits per heavy atom. The van der Waals surface area contributed by atoms with Gasteiger partial charge in [-0.15, -0.1) is 0 Å². The minimum atomic E-state index is -3.04. The molecule has 8 heteroatoms. The van der Waals surface area contributed by atoms with Gasteiger partial charge in [-0.2, -0.15) is 0 Å². The molecule has 1 aromatic rings. The van der Waals surface area contributed by atoms with Crippen LogP contribution in [0.1, 0.15) is 23.2 Å². The Morgan fingerprint density at radius 1 is 1.21 bits per heavy atom. The second kappa shape index (κ2) is 7.65. The molecule has 1 aliphatic rings. The maximum absolute atomic E-state index is 12.2. The fourth-order valence-corrected chi connectivity index (χ4v) is 4.45. The Kier molecular flexibility index (Phi) is 5.82. The molecule has 24 heavy (non-hydrogen) atoms. The highest BCUT2D eigenvalue weighted by molar-refractivity contribution is 7.91. The standard InChI is InChI=1S/C16H20O7S/c1-21-12-3-4-15(22-2)13(8-12)14(17)9-23-16(18)7-11-5-6-24(19,20)10-11/h3-4,8,11H,5-7,9-10H2,1-2H3/t11-/m0/s1. The summed E-state index contributed by atoms with van der Waals surface area (Å²) in [4.78, 5) is 24.0. The highest BCUT2D eigenvalue weighted by Gasteiger charge is 2.30. The largest absolute Gasteiger partial charge is 0.497 e. The molecular formula is C16H20O7S. The molecule has 1 atom stereocenters. The maximum Gasteiger partial charge on any atom is 0.306 e. The molecule has 132 valence electrons. The van der Waals surface area contributed by atoms with Crippen molar-refractivity contribution in [1.82, 2.24) is 0 Å². The van der Waals surface area contributed by atoms with Gasteiger partial charge < -0.3 is 14.2 Å². The SMILES string of the molecule is COc1ccc(OC)c(C(=O)COC(=O)C[C@@H]2CCS(=O)(=O)C2)c1. The Labute approximate surface area is 140 Å². The number of rotatable bonds is 7. The zero-order valence-electron chi connectivity index (χ0n) is 13.6. The third-order valence-electron chi connectivity index (χ3n) is 3.85. The van der Waals surface area contributed by atoms with Crippen LogP contribution in [0.2, 0.25) is 0 Å². The summed E-state index contributed by atoms with van der Waals surface area (Å²) < 4.78 is 37.9. The molecule has 0 aromatic heterocycles. The molecule has 0 spiro atoms. The predicted octanol–water partition coefficient (Wildman–Crippen LogP) is 1.25. The summed E-state index contributed by atoms with van der Waals surface area (Å²) in [5.74, 6) is -0.278. The number of Topliss-reactive ketones (excluding diaryl/α,β-unsaturated/α-hetero) is 1. The Bertz CT molecular complexity index is 724. The van der Waals surface area contributed by atoms with Crippen LogP contribution in [-0.4, -0.2) is 52.5 Å². The molecule has 1 saturated heterocycles. The number of hydrogen-bond acceptors (Lipinski definition) is 7. The van der Waals surface area contributed by atoms with Crippen LogP contribution in [0.25, 0.3) is 0 Å². The van der Waals surface area contributed by atoms with E-state index < -0.39 is 28.2 Å². The Hall–Kier alpha value is -2.09. The summed E-state index contributed by atoms with van der Waals surface area (Å²) in [5, 5.41) is 0. The van der Waals surface area contributed by atoms with E-state index in [1.54, 1.807) is 12.1 Å². The van der Waals surface area contributed by atoms with Crippen LogP contribution in [0.3, 0.4) is 0 Å². The van der Waals surface area contributed by atoms with Crippen LogP contribution in [0, 0.1) is 5.92 Å². The summed E-state index contributed by atoms with van der Waals surface area (Å²) >= 11 is 0. The molecule has 1 fully saturated rings. The Balaban J connectivity index is 1.92. The van der Waals surface area contributed by atoms with Crippen LogP contribution in [0.15, 0.2) is 18.2 Å². The molecular weight excluding hydrogens is 336 g/mol. The van der Waals surface area contributed by atoms with Crippen LogP contribution >= 0.6 is 0 Å². The van der Waals surface area contributed by atoms with Gasteiger partial charge >= 0.3 is 5.97 Å². The number of benzene rings is 1. The van der Waals surface area contributed by atoms with E-state index in [1.807, 2.05) is 0 Å². The van der Waals surface area contributed by atoms with Crippen LogP contribution in [0.5, 0.6) is 11.5 Å². The van der Waals surface area contributed by atoms with E-state index in [2.05, 4.69) is 0 Å². The third-order valence-corrected chi connectivity index (χ3v) is 5.69. The van der Waals surface area contributed by atoms with E-state index in [0.717, 1.165) is 0 Å². The Morgan fingerprint density at radius 2 is 1.96 bits per heavy atom. The second-order valence-electron chi connectivity index (χ2n) is 5.62. The van der Waals surface area contributed by atoms with Gasteiger partial charge in [0.25, 0.3) is 0 Å². The van der Waals surface area contributed by atoms with Crippen molar-refractivity contribution in [1.29, 1.82) is 0 Å². The quantitative estimate of drug-likeness (QED) is 0.536. The van der Waals surface area contributed by atoms with Gasteiger partial charge in [0.2, 0.25) is 5.78 Å². The normalized spacial score (nSPS) is 18.8. The summed E-state index contributed by atoms with van der Waals surface area (Å²) in [6.45, 7) is -0.429. The molecule has 0 unspecified atom stereocenters. The van der Waals surface area contributed by atoms with Crippen molar-refractivity contribution in [3.05, 3.63) is 23.8 Å². The average molecular weight is 356 g/mol. The smallest absolute Gasteiger partial charge is 0.306 e. The molecule has 1 aromatic carbocycles. The van der Waals surface area contributed by atoms with E-state index in [1.165, 1.54) is 20.3 Å². The van der Waals surface area contributed by atoms with Gasteiger partial charge in [0.15, 0.2) is 16.4 Å². The molecule has 1 heterocycles. The van der Waals surface area contributed by atoms with Crippen molar-refractivity contribution in [3.63, 3.8) is 0 Å². The van der Waals surface area contributed by atoms with Gasteiger partial charge in [0, 0.05) is 6.42 Å². The van der Waals surface area contributed by atoms with Crippen LogP contribution in [-0.2, 0) is 19.4 Å². The van der Waals surface area contributed by atoms with Gasteiger partial charge in [-0.05, 0) is 30.5 Å². The van der Waals surface area contributed by atoms with E-state index in [9.17, 15) is 18.0 Å². The van der Waals surface area contributed by atoms with Gasteiger partial charge in [0.05, 0.1) is 31.3 Å². The fraction of sp³-hybridized carbons (Fsp3) is 0.500. The van der Waals surface area contributed by atoms with Gasteiger partial charge in [-0.3, -0.25) is 9.59 Å². The lowest BCUT2D eigenvalue weighted by atomic mass is 10.1. The number of hydrogen-bond donors (Lipinski definition) is 0. The van der Waals surface area contributed by atoms with Gasteiger partial charge in [0.1, 0.15) is 11.5 Å². The first kappa shape index (κ1) is 18.3. The summed E-state index contributed by atoms with van der Waals surface area (Å²) in [5.41, 5.74) is 0.257. The molecule has 2 rings (SSSR count). The summed E-state index contributed by atoms with van der Waals surface area (Å²) in [6.07, 6.45) is 0.455. The number of esters is 1. The zero-order valence-corrected chi connectivity index (χ0v) is 14.4. The van der Waals surface area contributed by atoms with E-state index in [-0.39, 0.29) is 29.4 Å². The van der Waals surface area contributed by atoms with Crippen molar-refractivity contribution in [2.24, 2.45) is 5.92 Å². The number of carbonyl (C=O) groups is 2. The minimum Gasteiger partial charge on any atom is -0.497 e. The van der Waals surface area contributed by atoms with Crippen molar-refractivity contribution < 1.29 is 32.2 Å². The first-order valence-corrected chi connectivity index (χ1v) is 9.28. The number of ether oxygens (including phenoxy) is 3. The van der Waals surface area contributed by atoms with Crippen LogP contribution in [0.4, 0.5) is 0 Å². The highest BCUT2D eigenvalue weighted by Crippen LogP contribution is 2.25.